The highest BCUT2D eigenvalue weighted by Gasteiger charge is 2.31. The summed E-state index contributed by atoms with van der Waals surface area (Å²) in [7, 11) is 0. The Balaban J connectivity index is 1.42. The van der Waals surface area contributed by atoms with E-state index in [1.807, 2.05) is 24.3 Å². The van der Waals surface area contributed by atoms with E-state index in [0.29, 0.717) is 15.3 Å². The van der Waals surface area contributed by atoms with Gasteiger partial charge in [-0.25, -0.2) is 15.0 Å². The molecule has 2 heterocycles. The zero-order valence-corrected chi connectivity index (χ0v) is 18.9. The summed E-state index contributed by atoms with van der Waals surface area (Å²) < 4.78 is 44.6. The molecule has 34 heavy (non-hydrogen) atoms. The average Bonchev–Trinajstić information content (AvgIpc) is 3.19. The summed E-state index contributed by atoms with van der Waals surface area (Å²) in [5.41, 5.74) is 1.01. The van der Waals surface area contributed by atoms with Crippen molar-refractivity contribution in [3.63, 3.8) is 0 Å². The summed E-state index contributed by atoms with van der Waals surface area (Å²) in [6.07, 6.45) is -1.25. The minimum absolute atomic E-state index is 0.0642. The van der Waals surface area contributed by atoms with Crippen LogP contribution in [0.2, 0.25) is 0 Å². The number of carboxylic acid groups (broad SMARTS) is 1. The van der Waals surface area contributed by atoms with Crippen molar-refractivity contribution in [3.05, 3.63) is 60.4 Å². The lowest BCUT2D eigenvalue weighted by Gasteiger charge is -2.18. The van der Waals surface area contributed by atoms with Gasteiger partial charge < -0.3 is 15.2 Å². The number of hydrogen-bond donors (Lipinski definition) is 2. The molecule has 0 radical (unpaired) electrons. The van der Waals surface area contributed by atoms with Gasteiger partial charge in [-0.2, -0.15) is 13.2 Å². The molecule has 7 nitrogen and oxygen atoms in total. The van der Waals surface area contributed by atoms with Crippen molar-refractivity contribution >= 4 is 38.3 Å². The molecule has 0 saturated carbocycles. The molecule has 0 saturated heterocycles. The number of aromatic nitrogens is 3. The smallest absolute Gasteiger partial charge is 0.416 e. The van der Waals surface area contributed by atoms with E-state index in [1.165, 1.54) is 6.07 Å². The van der Waals surface area contributed by atoms with Gasteiger partial charge in [0.05, 0.1) is 21.2 Å². The van der Waals surface area contributed by atoms with Crippen LogP contribution in [0.1, 0.15) is 19.4 Å². The molecule has 0 aliphatic heterocycles. The van der Waals surface area contributed by atoms with E-state index in [-0.39, 0.29) is 12.6 Å². The van der Waals surface area contributed by atoms with Crippen LogP contribution in [-0.4, -0.2) is 32.6 Å². The summed E-state index contributed by atoms with van der Waals surface area (Å²) in [5, 5.41) is 12.7. The Morgan fingerprint density at radius 2 is 1.74 bits per heavy atom. The van der Waals surface area contributed by atoms with Crippen LogP contribution in [0, 0.1) is 5.41 Å². The average molecular weight is 488 g/mol. The van der Waals surface area contributed by atoms with Gasteiger partial charge in [-0.3, -0.25) is 4.79 Å². The number of carboxylic acids is 1. The van der Waals surface area contributed by atoms with E-state index in [1.54, 1.807) is 26.2 Å². The number of anilines is 2. The second-order valence-corrected chi connectivity index (χ2v) is 9.16. The first kappa shape index (κ1) is 23.4. The van der Waals surface area contributed by atoms with Crippen LogP contribution in [0.25, 0.3) is 21.3 Å². The predicted molar refractivity (Wildman–Crippen MR) is 122 cm³/mol. The molecule has 0 aliphatic carbocycles. The van der Waals surface area contributed by atoms with Gasteiger partial charge in [0, 0.05) is 23.6 Å². The number of nitrogens with zero attached hydrogens (tertiary/aromatic N) is 3. The van der Waals surface area contributed by atoms with Crippen molar-refractivity contribution in [2.75, 3.05) is 11.9 Å². The van der Waals surface area contributed by atoms with E-state index in [0.717, 1.165) is 40.3 Å². The first-order valence-electron chi connectivity index (χ1n) is 10.0. The van der Waals surface area contributed by atoms with Crippen LogP contribution in [0.4, 0.5) is 24.0 Å². The topological polar surface area (TPSA) is 97.2 Å². The molecule has 0 unspecified atom stereocenters. The van der Waals surface area contributed by atoms with Crippen molar-refractivity contribution < 1.29 is 27.8 Å². The van der Waals surface area contributed by atoms with Crippen molar-refractivity contribution in [2.45, 2.75) is 20.0 Å². The third kappa shape index (κ3) is 5.25. The number of benzene rings is 2. The maximum atomic E-state index is 12.9. The monoisotopic (exact) mass is 488 g/mol. The summed E-state index contributed by atoms with van der Waals surface area (Å²) in [5.74, 6) is -0.977. The van der Waals surface area contributed by atoms with Gasteiger partial charge in [0.2, 0.25) is 0 Å². The van der Waals surface area contributed by atoms with E-state index in [2.05, 4.69) is 20.3 Å². The molecule has 4 aromatic rings. The molecule has 0 spiro atoms. The van der Waals surface area contributed by atoms with Gasteiger partial charge in [-0.15, -0.1) is 0 Å². The Morgan fingerprint density at radius 3 is 2.35 bits per heavy atom. The zero-order valence-electron chi connectivity index (χ0n) is 18.1. The standard InChI is InChI=1S/C23H19F3N4O3S/c1-22(2,19(31)32)12-33-20-27-10-14(11-28-20)13-3-6-16(7-4-13)29-21-30-17-8-5-15(23(24,25)26)9-18(17)34-21/h3-11H,12H2,1-2H3,(H,29,30)(H,31,32). The summed E-state index contributed by atoms with van der Waals surface area (Å²) in [6.45, 7) is 3.03. The number of halogens is 3. The lowest BCUT2D eigenvalue weighted by Crippen LogP contribution is -2.31. The highest BCUT2D eigenvalue weighted by molar-refractivity contribution is 7.22. The molecule has 2 aromatic heterocycles. The molecule has 0 aliphatic rings. The number of rotatable bonds is 7. The second-order valence-electron chi connectivity index (χ2n) is 8.13. The first-order valence-corrected chi connectivity index (χ1v) is 10.9. The molecule has 0 bridgehead atoms. The molecule has 2 aromatic carbocycles. The van der Waals surface area contributed by atoms with Crippen molar-refractivity contribution in [1.29, 1.82) is 0 Å². The summed E-state index contributed by atoms with van der Waals surface area (Å²) in [6, 6.07) is 10.8. The van der Waals surface area contributed by atoms with Gasteiger partial charge in [0.1, 0.15) is 6.61 Å². The number of alkyl halides is 3. The number of nitrogens with one attached hydrogen (secondary N) is 1. The quantitative estimate of drug-likeness (QED) is 0.329. The van der Waals surface area contributed by atoms with Crippen LogP contribution < -0.4 is 10.1 Å². The molecule has 176 valence electrons. The Bertz CT molecular complexity index is 1320. The normalized spacial score (nSPS) is 12.0. The molecule has 0 fully saturated rings. The number of aliphatic carboxylic acids is 1. The largest absolute Gasteiger partial charge is 0.481 e. The number of thiazole rings is 1. The maximum Gasteiger partial charge on any atom is 0.416 e. The third-order valence-electron chi connectivity index (χ3n) is 4.95. The van der Waals surface area contributed by atoms with E-state index in [9.17, 15) is 18.0 Å². The van der Waals surface area contributed by atoms with Crippen molar-refractivity contribution in [2.24, 2.45) is 5.41 Å². The van der Waals surface area contributed by atoms with Crippen LogP contribution in [0.15, 0.2) is 54.9 Å². The van der Waals surface area contributed by atoms with Gasteiger partial charge in [-0.05, 0) is 49.7 Å². The SMILES string of the molecule is CC(C)(COc1ncc(-c2ccc(Nc3nc4ccc(C(F)(F)F)cc4s3)cc2)cn1)C(=O)O. The molecule has 4 rings (SSSR count). The highest BCUT2D eigenvalue weighted by Crippen LogP contribution is 2.35. The Kier molecular flexibility index (Phi) is 6.13. The second kappa shape index (κ2) is 8.90. The fraction of sp³-hybridized carbons (Fsp3) is 0.217. The Morgan fingerprint density at radius 1 is 1.06 bits per heavy atom. The molecular weight excluding hydrogens is 469 g/mol. The summed E-state index contributed by atoms with van der Waals surface area (Å²) >= 11 is 1.14. The van der Waals surface area contributed by atoms with E-state index in [4.69, 9.17) is 9.84 Å². The third-order valence-corrected chi connectivity index (χ3v) is 5.89. The van der Waals surface area contributed by atoms with E-state index >= 15 is 0 Å². The highest BCUT2D eigenvalue weighted by atomic mass is 32.1. The lowest BCUT2D eigenvalue weighted by atomic mass is 9.95. The fourth-order valence-corrected chi connectivity index (χ4v) is 3.80. The van der Waals surface area contributed by atoms with Gasteiger partial charge >= 0.3 is 18.2 Å². The molecule has 2 N–H and O–H groups in total. The molecule has 11 heteroatoms. The van der Waals surface area contributed by atoms with Crippen LogP contribution in [0.5, 0.6) is 6.01 Å². The zero-order chi connectivity index (χ0) is 24.5. The number of fused-ring (bicyclic) bond motifs is 1. The van der Waals surface area contributed by atoms with Crippen LogP contribution in [-0.2, 0) is 11.0 Å². The Labute approximate surface area is 196 Å². The number of ether oxygens (including phenoxy) is 1. The minimum Gasteiger partial charge on any atom is -0.481 e. The van der Waals surface area contributed by atoms with Crippen LogP contribution in [0.3, 0.4) is 0 Å². The van der Waals surface area contributed by atoms with Crippen LogP contribution >= 0.6 is 11.3 Å². The molecule has 0 atom stereocenters. The minimum atomic E-state index is -4.40. The fourth-order valence-electron chi connectivity index (χ4n) is 2.87. The molecular formula is C23H19F3N4O3S. The number of carbonyl (C=O) groups is 1. The van der Waals surface area contributed by atoms with Gasteiger partial charge in [-0.1, -0.05) is 23.5 Å². The first-order chi connectivity index (χ1) is 16.0. The van der Waals surface area contributed by atoms with E-state index < -0.39 is 23.1 Å². The predicted octanol–water partition coefficient (Wildman–Crippen LogP) is 6.01. The van der Waals surface area contributed by atoms with Crippen molar-refractivity contribution in [3.8, 4) is 17.1 Å². The Hall–Kier alpha value is -3.73. The maximum absolute atomic E-state index is 12.9. The summed E-state index contributed by atoms with van der Waals surface area (Å²) in [4.78, 5) is 23.7. The lowest BCUT2D eigenvalue weighted by molar-refractivity contribution is -0.148. The van der Waals surface area contributed by atoms with Gasteiger partial charge in [0.15, 0.2) is 5.13 Å². The van der Waals surface area contributed by atoms with Crippen molar-refractivity contribution in [1.82, 2.24) is 15.0 Å². The van der Waals surface area contributed by atoms with Gasteiger partial charge in [0.25, 0.3) is 0 Å². The molecule has 0 amide bonds. The number of hydrogen-bond acceptors (Lipinski definition) is 7.